The van der Waals surface area contributed by atoms with E-state index in [2.05, 4.69) is 13.8 Å². The lowest BCUT2D eigenvalue weighted by Crippen LogP contribution is -2.52. The summed E-state index contributed by atoms with van der Waals surface area (Å²) in [5.41, 5.74) is -0.456. The van der Waals surface area contributed by atoms with Crippen molar-refractivity contribution in [3.05, 3.63) is 0 Å². The Morgan fingerprint density at radius 1 is 1.12 bits per heavy atom. The minimum Gasteiger partial charge on any atom is -0.460 e. The van der Waals surface area contributed by atoms with E-state index in [-0.39, 0.29) is 18.2 Å². The highest BCUT2D eigenvalue weighted by molar-refractivity contribution is 8.17. The number of thioether (sulfide) groups is 2. The van der Waals surface area contributed by atoms with Crippen LogP contribution in [0.1, 0.15) is 79.6 Å². The number of hydrogen-bond donors (Lipinski definition) is 0. The summed E-state index contributed by atoms with van der Waals surface area (Å²) in [7, 11) is 0. The summed E-state index contributed by atoms with van der Waals surface area (Å²) in [5, 5.41) is 0. The maximum atomic E-state index is 12.4. The minimum absolute atomic E-state index is 0.112. The standard InChI is InChI=1S/C20H36O4S2/c1-6-25-18(26-7-2)16-13-15(14-17(21)24-19(3,4)5)22-20(23-16)11-9-8-10-12-20/h15-16,18H,6-14H2,1-5H3/t15-,16+/m0/s1. The van der Waals surface area contributed by atoms with Crippen LogP contribution in [0.4, 0.5) is 0 Å². The van der Waals surface area contributed by atoms with Crippen molar-refractivity contribution in [2.24, 2.45) is 0 Å². The molecule has 152 valence electrons. The highest BCUT2D eigenvalue weighted by atomic mass is 32.2. The average Bonchev–Trinajstić information content (AvgIpc) is 2.53. The van der Waals surface area contributed by atoms with E-state index in [9.17, 15) is 4.79 Å². The Hall–Kier alpha value is 0.0900. The monoisotopic (exact) mass is 404 g/mol. The Balaban J connectivity index is 2.10. The van der Waals surface area contributed by atoms with Crippen LogP contribution in [0.2, 0.25) is 0 Å². The van der Waals surface area contributed by atoms with Crippen LogP contribution in [0.3, 0.4) is 0 Å². The zero-order valence-corrected chi connectivity index (χ0v) is 18.7. The van der Waals surface area contributed by atoms with Gasteiger partial charge in [-0.2, -0.15) is 0 Å². The number of carbonyl (C=O) groups excluding carboxylic acids is 1. The Bertz CT molecular complexity index is 438. The molecule has 1 aliphatic heterocycles. The molecule has 0 aromatic rings. The molecule has 6 heteroatoms. The summed E-state index contributed by atoms with van der Waals surface area (Å²) in [4.78, 5) is 12.4. The molecule has 0 amide bonds. The van der Waals surface area contributed by atoms with Crippen LogP contribution in [0, 0.1) is 0 Å². The molecule has 1 saturated heterocycles. The summed E-state index contributed by atoms with van der Waals surface area (Å²) in [5.74, 6) is 1.48. The van der Waals surface area contributed by atoms with E-state index >= 15 is 0 Å². The van der Waals surface area contributed by atoms with Gasteiger partial charge in [0.2, 0.25) is 0 Å². The van der Waals surface area contributed by atoms with Gasteiger partial charge in [0.1, 0.15) is 5.60 Å². The third kappa shape index (κ3) is 6.92. The van der Waals surface area contributed by atoms with Gasteiger partial charge in [-0.3, -0.25) is 4.79 Å². The van der Waals surface area contributed by atoms with Crippen LogP contribution in [0.25, 0.3) is 0 Å². The number of ether oxygens (including phenoxy) is 3. The van der Waals surface area contributed by atoms with Crippen LogP contribution in [0.15, 0.2) is 0 Å². The van der Waals surface area contributed by atoms with Crippen molar-refractivity contribution in [2.75, 3.05) is 11.5 Å². The zero-order valence-electron chi connectivity index (χ0n) is 17.0. The maximum absolute atomic E-state index is 12.4. The third-order valence-electron chi connectivity index (χ3n) is 4.64. The number of carbonyl (C=O) groups is 1. The quantitative estimate of drug-likeness (QED) is 0.419. The highest BCUT2D eigenvalue weighted by Crippen LogP contribution is 2.44. The molecule has 1 saturated carbocycles. The lowest BCUT2D eigenvalue weighted by Gasteiger charge is -2.48. The van der Waals surface area contributed by atoms with E-state index < -0.39 is 11.4 Å². The molecule has 2 atom stereocenters. The number of esters is 1. The van der Waals surface area contributed by atoms with Crippen molar-refractivity contribution in [1.29, 1.82) is 0 Å². The molecule has 1 heterocycles. The molecule has 2 rings (SSSR count). The molecule has 0 N–H and O–H groups in total. The molecular formula is C20H36O4S2. The molecule has 0 unspecified atom stereocenters. The fourth-order valence-electron chi connectivity index (χ4n) is 3.74. The zero-order chi connectivity index (χ0) is 19.2. The second-order valence-electron chi connectivity index (χ2n) is 8.17. The Labute approximate surface area is 167 Å². The summed E-state index contributed by atoms with van der Waals surface area (Å²) >= 11 is 3.90. The van der Waals surface area contributed by atoms with Gasteiger partial charge in [0.25, 0.3) is 0 Å². The third-order valence-corrected chi connectivity index (χ3v) is 7.39. The van der Waals surface area contributed by atoms with Gasteiger partial charge >= 0.3 is 5.97 Å². The van der Waals surface area contributed by atoms with Crippen LogP contribution in [-0.2, 0) is 19.0 Å². The molecule has 2 aliphatic rings. The number of hydrogen-bond acceptors (Lipinski definition) is 6. The molecular weight excluding hydrogens is 368 g/mol. The van der Waals surface area contributed by atoms with Crippen molar-refractivity contribution in [3.8, 4) is 0 Å². The van der Waals surface area contributed by atoms with Crippen LogP contribution in [0.5, 0.6) is 0 Å². The van der Waals surface area contributed by atoms with E-state index in [0.717, 1.165) is 43.6 Å². The fourth-order valence-corrected chi connectivity index (χ4v) is 6.36. The van der Waals surface area contributed by atoms with E-state index in [1.807, 2.05) is 44.3 Å². The summed E-state index contributed by atoms with van der Waals surface area (Å²) in [6.45, 7) is 10.1. The molecule has 2 fully saturated rings. The molecule has 1 aliphatic carbocycles. The second-order valence-corrected chi connectivity index (χ2v) is 11.3. The summed E-state index contributed by atoms with van der Waals surface area (Å²) in [6, 6.07) is 0. The van der Waals surface area contributed by atoms with E-state index in [0.29, 0.717) is 11.0 Å². The molecule has 26 heavy (non-hydrogen) atoms. The summed E-state index contributed by atoms with van der Waals surface area (Å²) in [6.07, 6.45) is 6.50. The van der Waals surface area contributed by atoms with Gasteiger partial charge in [-0.05, 0) is 45.1 Å². The van der Waals surface area contributed by atoms with Crippen LogP contribution < -0.4 is 0 Å². The van der Waals surface area contributed by atoms with Crippen molar-refractivity contribution < 1.29 is 19.0 Å². The fraction of sp³-hybridized carbons (Fsp3) is 0.950. The van der Waals surface area contributed by atoms with Crippen molar-refractivity contribution in [2.45, 2.75) is 108 Å². The molecule has 0 aromatic carbocycles. The number of rotatable bonds is 7. The van der Waals surface area contributed by atoms with Gasteiger partial charge in [-0.1, -0.05) is 20.3 Å². The van der Waals surface area contributed by atoms with E-state index in [1.165, 1.54) is 6.42 Å². The van der Waals surface area contributed by atoms with Gasteiger partial charge in [0.05, 0.1) is 23.2 Å². The van der Waals surface area contributed by atoms with Crippen molar-refractivity contribution in [3.63, 3.8) is 0 Å². The first-order valence-corrected chi connectivity index (χ1v) is 12.2. The lowest BCUT2D eigenvalue weighted by molar-refractivity contribution is -0.326. The Morgan fingerprint density at radius 2 is 1.73 bits per heavy atom. The largest absolute Gasteiger partial charge is 0.460 e. The van der Waals surface area contributed by atoms with Crippen molar-refractivity contribution in [1.82, 2.24) is 0 Å². The van der Waals surface area contributed by atoms with E-state index in [4.69, 9.17) is 14.2 Å². The van der Waals surface area contributed by atoms with Gasteiger partial charge < -0.3 is 14.2 Å². The predicted molar refractivity (Wildman–Crippen MR) is 111 cm³/mol. The SMILES string of the molecule is CCSC(SCC)[C@H]1C[C@@H](CC(=O)OC(C)(C)C)OC2(CCCCC2)O1. The molecule has 0 aromatic heterocycles. The lowest BCUT2D eigenvalue weighted by atomic mass is 9.91. The smallest absolute Gasteiger partial charge is 0.308 e. The van der Waals surface area contributed by atoms with Gasteiger partial charge in [0.15, 0.2) is 5.79 Å². The topological polar surface area (TPSA) is 44.8 Å². The van der Waals surface area contributed by atoms with E-state index in [1.54, 1.807) is 0 Å². The second kappa shape index (κ2) is 10.0. The highest BCUT2D eigenvalue weighted by Gasteiger charge is 2.46. The molecule has 4 nitrogen and oxygen atoms in total. The maximum Gasteiger partial charge on any atom is 0.308 e. The van der Waals surface area contributed by atoms with Gasteiger partial charge in [-0.15, -0.1) is 23.5 Å². The predicted octanol–water partition coefficient (Wildman–Crippen LogP) is 5.39. The molecule has 1 spiro atoms. The molecule has 0 radical (unpaired) electrons. The van der Waals surface area contributed by atoms with Gasteiger partial charge in [0, 0.05) is 19.3 Å². The van der Waals surface area contributed by atoms with Crippen molar-refractivity contribution >= 4 is 29.5 Å². The summed E-state index contributed by atoms with van der Waals surface area (Å²) < 4.78 is 18.9. The Morgan fingerprint density at radius 3 is 2.27 bits per heavy atom. The average molecular weight is 405 g/mol. The van der Waals surface area contributed by atoms with Crippen LogP contribution in [-0.4, -0.2) is 45.7 Å². The first-order valence-electron chi connectivity index (χ1n) is 10.1. The van der Waals surface area contributed by atoms with Gasteiger partial charge in [-0.25, -0.2) is 0 Å². The molecule has 0 bridgehead atoms. The first-order chi connectivity index (χ1) is 12.3. The Kier molecular flexibility index (Phi) is 8.64. The minimum atomic E-state index is -0.491. The normalized spacial score (nSPS) is 26.2. The van der Waals surface area contributed by atoms with Crippen LogP contribution >= 0.6 is 23.5 Å². The first kappa shape index (κ1) is 22.4.